The van der Waals surface area contributed by atoms with E-state index < -0.39 is 0 Å². The Morgan fingerprint density at radius 3 is 3.05 bits per heavy atom. The highest BCUT2D eigenvalue weighted by molar-refractivity contribution is 6.30. The van der Waals surface area contributed by atoms with Gasteiger partial charge in [0.1, 0.15) is 5.15 Å². The third-order valence-electron chi connectivity index (χ3n) is 4.52. The van der Waals surface area contributed by atoms with Crippen LogP contribution in [-0.4, -0.2) is 52.8 Å². The van der Waals surface area contributed by atoms with Gasteiger partial charge in [-0.15, -0.1) is 12.4 Å². The smallest absolute Gasteiger partial charge is 0.159 e. The molecule has 4 rings (SSSR count). The van der Waals surface area contributed by atoms with Gasteiger partial charge in [0.15, 0.2) is 5.82 Å². The second-order valence-electron chi connectivity index (χ2n) is 5.60. The van der Waals surface area contributed by atoms with Crippen LogP contribution in [0, 0.1) is 5.92 Å². The maximum absolute atomic E-state index is 5.91. The Balaban J connectivity index is 0.00000121. The molecule has 0 aromatic carbocycles. The minimum absolute atomic E-state index is 0. The lowest BCUT2D eigenvalue weighted by Crippen LogP contribution is -2.32. The lowest BCUT2D eigenvalue weighted by Gasteiger charge is -2.20. The SMILES string of the molecule is CN1CCC2CN(c3n[nH]c4cc(Cl)ncc34)CC21.Cl. The number of H-pyrrole nitrogens is 1. The summed E-state index contributed by atoms with van der Waals surface area (Å²) in [5.41, 5.74) is 0.959. The van der Waals surface area contributed by atoms with Crippen molar-refractivity contribution in [2.45, 2.75) is 12.5 Å². The molecule has 2 aromatic heterocycles. The Morgan fingerprint density at radius 1 is 1.40 bits per heavy atom. The first-order chi connectivity index (χ1) is 9.22. The number of nitrogens with zero attached hydrogens (tertiary/aromatic N) is 4. The molecule has 5 nitrogen and oxygen atoms in total. The number of aromatic nitrogens is 3. The summed E-state index contributed by atoms with van der Waals surface area (Å²) in [6.07, 6.45) is 3.11. The summed E-state index contributed by atoms with van der Waals surface area (Å²) in [5.74, 6) is 1.79. The lowest BCUT2D eigenvalue weighted by molar-refractivity contribution is 0.310. The van der Waals surface area contributed by atoms with Crippen LogP contribution in [-0.2, 0) is 0 Å². The summed E-state index contributed by atoms with van der Waals surface area (Å²) >= 11 is 5.91. The molecular formula is C13H17Cl2N5. The van der Waals surface area contributed by atoms with E-state index in [1.165, 1.54) is 13.0 Å². The molecule has 0 aliphatic carbocycles. The zero-order valence-electron chi connectivity index (χ0n) is 11.2. The van der Waals surface area contributed by atoms with Gasteiger partial charge < -0.3 is 9.80 Å². The van der Waals surface area contributed by atoms with Crippen LogP contribution in [0.5, 0.6) is 0 Å². The number of pyridine rings is 1. The van der Waals surface area contributed by atoms with E-state index >= 15 is 0 Å². The van der Waals surface area contributed by atoms with Crippen molar-refractivity contribution in [3.05, 3.63) is 17.4 Å². The number of likely N-dealkylation sites (tertiary alicyclic amines) is 1. The average molecular weight is 314 g/mol. The quantitative estimate of drug-likeness (QED) is 0.820. The first-order valence-electron chi connectivity index (χ1n) is 6.67. The van der Waals surface area contributed by atoms with Gasteiger partial charge in [0.05, 0.1) is 10.9 Å². The van der Waals surface area contributed by atoms with E-state index in [0.717, 1.165) is 35.7 Å². The Labute approximate surface area is 128 Å². The van der Waals surface area contributed by atoms with E-state index in [1.54, 1.807) is 0 Å². The largest absolute Gasteiger partial charge is 0.353 e. The maximum Gasteiger partial charge on any atom is 0.159 e. The number of rotatable bonds is 1. The number of hydrogen-bond acceptors (Lipinski definition) is 4. The van der Waals surface area contributed by atoms with Gasteiger partial charge in [-0.25, -0.2) is 4.98 Å². The molecule has 0 bridgehead atoms. The highest BCUT2D eigenvalue weighted by Crippen LogP contribution is 2.35. The standard InChI is InChI=1S/C13H16ClN5.ClH/c1-18-3-2-8-6-19(7-11(8)18)13-9-5-15-12(14)4-10(9)16-17-13;/h4-5,8,11H,2-3,6-7H2,1H3,(H,16,17);1H. The maximum atomic E-state index is 5.91. The van der Waals surface area contributed by atoms with Gasteiger partial charge in [-0.3, -0.25) is 5.10 Å². The number of aromatic amines is 1. The van der Waals surface area contributed by atoms with Gasteiger partial charge in [0.2, 0.25) is 0 Å². The zero-order valence-corrected chi connectivity index (χ0v) is 12.8. The first kappa shape index (κ1) is 13.9. The minimum atomic E-state index is 0. The van der Waals surface area contributed by atoms with E-state index in [0.29, 0.717) is 11.2 Å². The zero-order chi connectivity index (χ0) is 13.0. The molecule has 0 saturated carbocycles. The topological polar surface area (TPSA) is 48.0 Å². The molecule has 0 radical (unpaired) electrons. The predicted octanol–water partition coefficient (Wildman–Crippen LogP) is 2.17. The van der Waals surface area contributed by atoms with Crippen molar-refractivity contribution in [2.24, 2.45) is 5.92 Å². The molecule has 2 unspecified atom stereocenters. The molecule has 20 heavy (non-hydrogen) atoms. The van der Waals surface area contributed by atoms with E-state index in [4.69, 9.17) is 11.6 Å². The molecule has 108 valence electrons. The molecule has 2 fully saturated rings. The summed E-state index contributed by atoms with van der Waals surface area (Å²) in [5, 5.41) is 9.07. The summed E-state index contributed by atoms with van der Waals surface area (Å²) in [4.78, 5) is 9.01. The molecule has 1 N–H and O–H groups in total. The van der Waals surface area contributed by atoms with E-state index in [2.05, 4.69) is 32.0 Å². The second kappa shape index (κ2) is 5.06. The highest BCUT2D eigenvalue weighted by Gasteiger charge is 2.40. The molecule has 4 heterocycles. The van der Waals surface area contributed by atoms with E-state index in [1.807, 2.05) is 12.3 Å². The van der Waals surface area contributed by atoms with Gasteiger partial charge in [-0.1, -0.05) is 11.6 Å². The van der Waals surface area contributed by atoms with Crippen molar-refractivity contribution < 1.29 is 0 Å². The van der Waals surface area contributed by atoms with Crippen molar-refractivity contribution in [3.8, 4) is 0 Å². The van der Waals surface area contributed by atoms with Crippen LogP contribution in [0.1, 0.15) is 6.42 Å². The molecule has 0 spiro atoms. The molecular weight excluding hydrogens is 297 g/mol. The second-order valence-corrected chi connectivity index (χ2v) is 5.99. The van der Waals surface area contributed by atoms with Crippen LogP contribution >= 0.6 is 24.0 Å². The number of hydrogen-bond donors (Lipinski definition) is 1. The predicted molar refractivity (Wildman–Crippen MR) is 82.9 cm³/mol. The summed E-state index contributed by atoms with van der Waals surface area (Å²) in [7, 11) is 2.22. The number of likely N-dealkylation sites (N-methyl/N-ethyl adjacent to an activating group) is 1. The number of anilines is 1. The Kier molecular flexibility index (Phi) is 3.52. The van der Waals surface area contributed by atoms with E-state index in [-0.39, 0.29) is 12.4 Å². The molecule has 2 aliphatic rings. The Hall–Kier alpha value is -1.04. The summed E-state index contributed by atoms with van der Waals surface area (Å²) < 4.78 is 0. The fraction of sp³-hybridized carbons (Fsp3) is 0.538. The molecule has 2 aliphatic heterocycles. The third kappa shape index (κ3) is 2.05. The normalized spacial score (nSPS) is 26.0. The Bertz CT molecular complexity index is 628. The van der Waals surface area contributed by atoms with Gasteiger partial charge in [-0.2, -0.15) is 5.10 Å². The van der Waals surface area contributed by atoms with Crippen LogP contribution in [0.15, 0.2) is 12.3 Å². The van der Waals surface area contributed by atoms with Crippen molar-refractivity contribution in [2.75, 3.05) is 31.6 Å². The van der Waals surface area contributed by atoms with Crippen LogP contribution < -0.4 is 4.90 Å². The van der Waals surface area contributed by atoms with Crippen molar-refractivity contribution >= 4 is 40.7 Å². The number of nitrogens with one attached hydrogen (secondary N) is 1. The van der Waals surface area contributed by atoms with Gasteiger partial charge in [0.25, 0.3) is 0 Å². The number of fused-ring (bicyclic) bond motifs is 2. The van der Waals surface area contributed by atoms with Gasteiger partial charge >= 0.3 is 0 Å². The van der Waals surface area contributed by atoms with Crippen LogP contribution in [0.25, 0.3) is 10.9 Å². The summed E-state index contributed by atoms with van der Waals surface area (Å²) in [6.45, 7) is 3.38. The molecule has 2 aromatic rings. The average Bonchev–Trinajstić information content (AvgIpc) is 3.04. The fourth-order valence-electron chi connectivity index (χ4n) is 3.46. The highest BCUT2D eigenvalue weighted by atomic mass is 35.5. The monoisotopic (exact) mass is 313 g/mol. The van der Waals surface area contributed by atoms with Gasteiger partial charge in [-0.05, 0) is 25.9 Å². The molecule has 0 amide bonds. The first-order valence-corrected chi connectivity index (χ1v) is 7.05. The molecule has 2 saturated heterocycles. The van der Waals surface area contributed by atoms with Crippen molar-refractivity contribution in [3.63, 3.8) is 0 Å². The lowest BCUT2D eigenvalue weighted by atomic mass is 10.1. The van der Waals surface area contributed by atoms with Crippen molar-refractivity contribution in [1.29, 1.82) is 0 Å². The number of halogens is 2. The third-order valence-corrected chi connectivity index (χ3v) is 4.73. The fourth-order valence-corrected chi connectivity index (χ4v) is 3.62. The van der Waals surface area contributed by atoms with E-state index in [9.17, 15) is 0 Å². The van der Waals surface area contributed by atoms with Crippen LogP contribution in [0.4, 0.5) is 5.82 Å². The Morgan fingerprint density at radius 2 is 2.25 bits per heavy atom. The molecule has 2 atom stereocenters. The molecule has 7 heteroatoms. The van der Waals surface area contributed by atoms with Gasteiger partial charge in [0, 0.05) is 31.4 Å². The minimum Gasteiger partial charge on any atom is -0.353 e. The van der Waals surface area contributed by atoms with Crippen LogP contribution in [0.2, 0.25) is 5.15 Å². The summed E-state index contributed by atoms with van der Waals surface area (Å²) in [6, 6.07) is 2.50. The van der Waals surface area contributed by atoms with Crippen LogP contribution in [0.3, 0.4) is 0 Å². The van der Waals surface area contributed by atoms with Crippen molar-refractivity contribution in [1.82, 2.24) is 20.1 Å².